The van der Waals surface area contributed by atoms with E-state index in [0.29, 0.717) is 18.7 Å². The summed E-state index contributed by atoms with van der Waals surface area (Å²) in [7, 11) is -1.79. The highest BCUT2D eigenvalue weighted by atomic mass is 32.2. The smallest absolute Gasteiger partial charge is 0.207 e. The molecule has 0 unspecified atom stereocenters. The Hall–Kier alpha value is -1.56. The molecule has 0 aliphatic rings. The second kappa shape index (κ2) is 4.98. The van der Waals surface area contributed by atoms with E-state index in [1.807, 2.05) is 0 Å². The molecule has 5 nitrogen and oxygen atoms in total. The van der Waals surface area contributed by atoms with E-state index in [4.69, 9.17) is 4.74 Å². The summed E-state index contributed by atoms with van der Waals surface area (Å²) in [5.74, 6) is 0.442. The molecule has 0 saturated carbocycles. The van der Waals surface area contributed by atoms with Gasteiger partial charge in [-0.3, -0.25) is 4.79 Å². The molecule has 0 aromatic heterocycles. The van der Waals surface area contributed by atoms with E-state index in [1.54, 1.807) is 6.07 Å². The van der Waals surface area contributed by atoms with Gasteiger partial charge in [-0.15, -0.1) is 0 Å². The van der Waals surface area contributed by atoms with E-state index < -0.39 is 9.84 Å². The van der Waals surface area contributed by atoms with Crippen molar-refractivity contribution in [1.82, 2.24) is 5.32 Å². The molecule has 0 aliphatic heterocycles. The molecule has 16 heavy (non-hydrogen) atoms. The number of ether oxygens (including phenoxy) is 1. The lowest BCUT2D eigenvalue weighted by Gasteiger charge is -2.09. The molecule has 1 aromatic rings. The molecule has 88 valence electrons. The Balaban J connectivity index is 3.11. The quantitative estimate of drug-likeness (QED) is 0.757. The van der Waals surface area contributed by atoms with Gasteiger partial charge in [0.25, 0.3) is 0 Å². The van der Waals surface area contributed by atoms with Gasteiger partial charge in [0.1, 0.15) is 5.75 Å². The van der Waals surface area contributed by atoms with Crippen LogP contribution in [-0.2, 0) is 21.2 Å². The standard InChI is InChI=1S/C10H13NO4S/c1-15-10-5-9(16(2,13)14)4-3-8(10)6-11-7-12/h3-5,7H,6H2,1-2H3,(H,11,12). The average molecular weight is 243 g/mol. The Morgan fingerprint density at radius 2 is 2.12 bits per heavy atom. The van der Waals surface area contributed by atoms with E-state index in [9.17, 15) is 13.2 Å². The third kappa shape index (κ3) is 2.96. The molecule has 6 heteroatoms. The minimum Gasteiger partial charge on any atom is -0.496 e. The predicted molar refractivity (Wildman–Crippen MR) is 59.0 cm³/mol. The van der Waals surface area contributed by atoms with Crippen molar-refractivity contribution >= 4 is 16.2 Å². The maximum Gasteiger partial charge on any atom is 0.207 e. The third-order valence-electron chi connectivity index (χ3n) is 2.06. The summed E-state index contributed by atoms with van der Waals surface area (Å²) in [5.41, 5.74) is 0.724. The van der Waals surface area contributed by atoms with Gasteiger partial charge in [0.15, 0.2) is 9.84 Å². The molecule has 1 aromatic carbocycles. The number of rotatable bonds is 5. The summed E-state index contributed by atoms with van der Waals surface area (Å²) in [5, 5.41) is 2.49. The first-order valence-corrected chi connectivity index (χ1v) is 6.42. The first-order valence-electron chi connectivity index (χ1n) is 4.53. The number of methoxy groups -OCH3 is 1. The SMILES string of the molecule is COc1cc(S(C)(=O)=O)ccc1CNC=O. The molecule has 0 spiro atoms. The summed E-state index contributed by atoms with van der Waals surface area (Å²) in [6.07, 6.45) is 1.70. The number of hydrogen-bond acceptors (Lipinski definition) is 4. The first kappa shape index (κ1) is 12.5. The van der Waals surface area contributed by atoms with Crippen LogP contribution in [0.25, 0.3) is 0 Å². The zero-order chi connectivity index (χ0) is 12.2. The van der Waals surface area contributed by atoms with E-state index in [-0.39, 0.29) is 4.90 Å². The highest BCUT2D eigenvalue weighted by molar-refractivity contribution is 7.90. The minimum absolute atomic E-state index is 0.194. The van der Waals surface area contributed by atoms with E-state index in [2.05, 4.69) is 5.32 Å². The van der Waals surface area contributed by atoms with Crippen molar-refractivity contribution in [3.05, 3.63) is 23.8 Å². The number of carbonyl (C=O) groups is 1. The van der Waals surface area contributed by atoms with Gasteiger partial charge in [0.05, 0.1) is 12.0 Å². The highest BCUT2D eigenvalue weighted by Crippen LogP contribution is 2.22. The number of benzene rings is 1. The van der Waals surface area contributed by atoms with Crippen molar-refractivity contribution in [3.63, 3.8) is 0 Å². The molecule has 0 aliphatic carbocycles. The summed E-state index contributed by atoms with van der Waals surface area (Å²) < 4.78 is 27.7. The van der Waals surface area contributed by atoms with Gasteiger partial charge in [-0.25, -0.2) is 8.42 Å². The first-order chi connectivity index (χ1) is 7.49. The van der Waals surface area contributed by atoms with Crippen molar-refractivity contribution in [1.29, 1.82) is 0 Å². The highest BCUT2D eigenvalue weighted by Gasteiger charge is 2.11. The van der Waals surface area contributed by atoms with Crippen LogP contribution in [-0.4, -0.2) is 28.2 Å². The Morgan fingerprint density at radius 1 is 1.44 bits per heavy atom. The van der Waals surface area contributed by atoms with Gasteiger partial charge in [0.2, 0.25) is 6.41 Å². The van der Waals surface area contributed by atoms with Gasteiger partial charge in [-0.05, 0) is 12.1 Å². The van der Waals surface area contributed by atoms with Crippen molar-refractivity contribution in [2.45, 2.75) is 11.4 Å². The predicted octanol–water partition coefficient (Wildman–Crippen LogP) is 0.345. The summed E-state index contributed by atoms with van der Waals surface area (Å²) >= 11 is 0. The molecule has 0 radical (unpaired) electrons. The zero-order valence-corrected chi connectivity index (χ0v) is 9.87. The fourth-order valence-corrected chi connectivity index (χ4v) is 1.89. The molecular weight excluding hydrogens is 230 g/mol. The molecule has 0 saturated heterocycles. The van der Waals surface area contributed by atoms with Gasteiger partial charge in [-0.1, -0.05) is 6.07 Å². The molecule has 0 bridgehead atoms. The van der Waals surface area contributed by atoms with E-state index in [0.717, 1.165) is 11.8 Å². The second-order valence-electron chi connectivity index (χ2n) is 3.24. The summed E-state index contributed by atoms with van der Waals surface area (Å²) in [6.45, 7) is 0.302. The van der Waals surface area contributed by atoms with Crippen LogP contribution in [0.2, 0.25) is 0 Å². The van der Waals surface area contributed by atoms with E-state index >= 15 is 0 Å². The van der Waals surface area contributed by atoms with Crippen LogP contribution in [0, 0.1) is 0 Å². The van der Waals surface area contributed by atoms with E-state index in [1.165, 1.54) is 19.2 Å². The third-order valence-corrected chi connectivity index (χ3v) is 3.17. The molecule has 1 N–H and O–H groups in total. The normalized spacial score (nSPS) is 10.9. The Morgan fingerprint density at radius 3 is 2.62 bits per heavy atom. The van der Waals surface area contributed by atoms with Gasteiger partial charge < -0.3 is 10.1 Å². The van der Waals surface area contributed by atoms with Crippen molar-refractivity contribution in [2.24, 2.45) is 0 Å². The Labute approximate surface area is 94.3 Å². The molecule has 1 amide bonds. The Bertz CT molecular complexity index is 482. The number of nitrogens with one attached hydrogen (secondary N) is 1. The lowest BCUT2D eigenvalue weighted by Crippen LogP contribution is -2.11. The second-order valence-corrected chi connectivity index (χ2v) is 5.26. The van der Waals surface area contributed by atoms with Crippen LogP contribution < -0.4 is 10.1 Å². The van der Waals surface area contributed by atoms with Crippen LogP contribution in [0.4, 0.5) is 0 Å². The van der Waals surface area contributed by atoms with Gasteiger partial charge in [0, 0.05) is 18.4 Å². The number of amides is 1. The van der Waals surface area contributed by atoms with Crippen LogP contribution in [0.1, 0.15) is 5.56 Å². The molecule has 0 fully saturated rings. The Kier molecular flexibility index (Phi) is 3.89. The van der Waals surface area contributed by atoms with Crippen molar-refractivity contribution in [3.8, 4) is 5.75 Å². The van der Waals surface area contributed by atoms with Crippen LogP contribution in [0.3, 0.4) is 0 Å². The fraction of sp³-hybridized carbons (Fsp3) is 0.300. The van der Waals surface area contributed by atoms with Crippen LogP contribution >= 0.6 is 0 Å². The van der Waals surface area contributed by atoms with Crippen LogP contribution in [0.5, 0.6) is 5.75 Å². The number of hydrogen-bond donors (Lipinski definition) is 1. The average Bonchev–Trinajstić information content (AvgIpc) is 2.24. The summed E-state index contributed by atoms with van der Waals surface area (Å²) in [6, 6.07) is 4.54. The maximum absolute atomic E-state index is 11.3. The minimum atomic E-state index is -3.24. The monoisotopic (exact) mass is 243 g/mol. The zero-order valence-electron chi connectivity index (χ0n) is 9.06. The fourth-order valence-electron chi connectivity index (χ4n) is 1.25. The molecular formula is C10H13NO4S. The summed E-state index contributed by atoms with van der Waals surface area (Å²) in [4.78, 5) is 10.3. The topological polar surface area (TPSA) is 72.5 Å². The van der Waals surface area contributed by atoms with Gasteiger partial charge in [-0.2, -0.15) is 0 Å². The lowest BCUT2D eigenvalue weighted by atomic mass is 10.2. The maximum atomic E-state index is 11.3. The number of carbonyl (C=O) groups excluding carboxylic acids is 1. The van der Waals surface area contributed by atoms with Crippen molar-refractivity contribution < 1.29 is 17.9 Å². The molecule has 0 atom stereocenters. The number of sulfone groups is 1. The molecule has 0 heterocycles. The van der Waals surface area contributed by atoms with Gasteiger partial charge >= 0.3 is 0 Å². The molecule has 1 rings (SSSR count). The largest absolute Gasteiger partial charge is 0.496 e. The van der Waals surface area contributed by atoms with Crippen molar-refractivity contribution in [2.75, 3.05) is 13.4 Å². The lowest BCUT2D eigenvalue weighted by molar-refractivity contribution is -0.109. The van der Waals surface area contributed by atoms with Crippen LogP contribution in [0.15, 0.2) is 23.1 Å².